The van der Waals surface area contributed by atoms with Gasteiger partial charge in [0, 0.05) is 13.1 Å². The molecule has 102 valence electrons. The molecule has 1 aromatic carbocycles. The Kier molecular flexibility index (Phi) is 3.69. The predicted octanol–water partition coefficient (Wildman–Crippen LogP) is 1.24. The Balaban J connectivity index is 2.03. The molecule has 0 bridgehead atoms. The van der Waals surface area contributed by atoms with Crippen molar-refractivity contribution in [1.82, 2.24) is 5.32 Å². The first-order chi connectivity index (χ1) is 8.97. The number of carbonyl (C=O) groups excluding carboxylic acids is 1. The number of nitrogens with zero attached hydrogens (tertiary/aromatic N) is 1. The Morgan fingerprint density at radius 2 is 2.16 bits per heavy atom. The van der Waals surface area contributed by atoms with Gasteiger partial charge in [0.15, 0.2) is 0 Å². The first-order valence-electron chi connectivity index (χ1n) is 6.00. The highest BCUT2D eigenvalue weighted by Gasteiger charge is 2.24. The van der Waals surface area contributed by atoms with Crippen LogP contribution in [0.5, 0.6) is 0 Å². The van der Waals surface area contributed by atoms with E-state index in [9.17, 15) is 14.0 Å². The second-order valence-electron chi connectivity index (χ2n) is 4.67. The van der Waals surface area contributed by atoms with Gasteiger partial charge in [-0.05, 0) is 31.0 Å². The van der Waals surface area contributed by atoms with Crippen molar-refractivity contribution in [3.8, 4) is 0 Å². The molecule has 0 heterocycles. The molecule has 0 aliphatic heterocycles. The zero-order valence-corrected chi connectivity index (χ0v) is 10.5. The third-order valence-corrected chi connectivity index (χ3v) is 2.93. The lowest BCUT2D eigenvalue weighted by molar-refractivity contribution is -0.119. The molecule has 1 aliphatic carbocycles. The number of halogens is 1. The molecule has 0 atom stereocenters. The number of hydrogen-bond donors (Lipinski definition) is 2. The van der Waals surface area contributed by atoms with E-state index in [2.05, 4.69) is 5.32 Å². The number of carbonyl (C=O) groups is 2. The number of nitrogens with one attached hydrogen (secondary N) is 1. The molecule has 0 spiro atoms. The molecule has 0 aromatic heterocycles. The number of benzene rings is 1. The molecule has 2 N–H and O–H groups in total. The SMILES string of the molecule is CN(CC(=O)NC1CC1)c1ccc(C(=O)O)cc1F. The van der Waals surface area contributed by atoms with E-state index in [4.69, 9.17) is 5.11 Å². The molecule has 1 saturated carbocycles. The first-order valence-corrected chi connectivity index (χ1v) is 6.00. The molecule has 5 nitrogen and oxygen atoms in total. The van der Waals surface area contributed by atoms with Crippen LogP contribution in [0.2, 0.25) is 0 Å². The lowest BCUT2D eigenvalue weighted by atomic mass is 10.2. The summed E-state index contributed by atoms with van der Waals surface area (Å²) >= 11 is 0. The fraction of sp³-hybridized carbons (Fsp3) is 0.385. The zero-order valence-electron chi connectivity index (χ0n) is 10.5. The highest BCUT2D eigenvalue weighted by atomic mass is 19.1. The van der Waals surface area contributed by atoms with Crippen LogP contribution in [0.25, 0.3) is 0 Å². The topological polar surface area (TPSA) is 69.6 Å². The number of carboxylic acid groups (broad SMARTS) is 1. The van der Waals surface area contributed by atoms with Crippen LogP contribution in [0.3, 0.4) is 0 Å². The summed E-state index contributed by atoms with van der Waals surface area (Å²) in [6.45, 7) is 0.0415. The predicted molar refractivity (Wildman–Crippen MR) is 67.8 cm³/mol. The van der Waals surface area contributed by atoms with Crippen LogP contribution in [0.1, 0.15) is 23.2 Å². The molecule has 0 radical (unpaired) electrons. The number of rotatable bonds is 5. The van der Waals surface area contributed by atoms with Crippen molar-refractivity contribution in [2.45, 2.75) is 18.9 Å². The summed E-state index contributed by atoms with van der Waals surface area (Å²) in [5, 5.41) is 11.6. The highest BCUT2D eigenvalue weighted by molar-refractivity contribution is 5.88. The van der Waals surface area contributed by atoms with E-state index < -0.39 is 11.8 Å². The fourth-order valence-electron chi connectivity index (χ4n) is 1.75. The largest absolute Gasteiger partial charge is 0.478 e. The van der Waals surface area contributed by atoms with Gasteiger partial charge in [-0.15, -0.1) is 0 Å². The number of anilines is 1. The van der Waals surface area contributed by atoms with Crippen molar-refractivity contribution in [3.05, 3.63) is 29.6 Å². The van der Waals surface area contributed by atoms with Crippen molar-refractivity contribution < 1.29 is 19.1 Å². The van der Waals surface area contributed by atoms with Crippen molar-refractivity contribution in [1.29, 1.82) is 0 Å². The van der Waals surface area contributed by atoms with Crippen molar-refractivity contribution in [2.75, 3.05) is 18.5 Å². The van der Waals surface area contributed by atoms with Gasteiger partial charge in [0.2, 0.25) is 5.91 Å². The third-order valence-electron chi connectivity index (χ3n) is 2.93. The number of likely N-dealkylation sites (N-methyl/N-ethyl adjacent to an activating group) is 1. The van der Waals surface area contributed by atoms with E-state index in [0.717, 1.165) is 18.9 Å². The summed E-state index contributed by atoms with van der Waals surface area (Å²) in [5.41, 5.74) is 0.0908. The van der Waals surface area contributed by atoms with Crippen LogP contribution in [0.4, 0.5) is 10.1 Å². The van der Waals surface area contributed by atoms with E-state index in [1.807, 2.05) is 0 Å². The van der Waals surface area contributed by atoms with Crippen LogP contribution in [-0.2, 0) is 4.79 Å². The van der Waals surface area contributed by atoms with Gasteiger partial charge in [0.1, 0.15) is 5.82 Å². The Morgan fingerprint density at radius 3 is 2.68 bits per heavy atom. The molecule has 1 amide bonds. The Hall–Kier alpha value is -2.11. The molecule has 1 fully saturated rings. The normalized spacial score (nSPS) is 14.0. The summed E-state index contributed by atoms with van der Waals surface area (Å²) < 4.78 is 13.7. The smallest absolute Gasteiger partial charge is 0.335 e. The minimum Gasteiger partial charge on any atom is -0.478 e. The van der Waals surface area contributed by atoms with Gasteiger partial charge in [-0.2, -0.15) is 0 Å². The Bertz CT molecular complexity index is 515. The van der Waals surface area contributed by atoms with Gasteiger partial charge >= 0.3 is 5.97 Å². The van der Waals surface area contributed by atoms with Crippen molar-refractivity contribution >= 4 is 17.6 Å². The quantitative estimate of drug-likeness (QED) is 0.841. The maximum atomic E-state index is 13.7. The van der Waals surface area contributed by atoms with E-state index in [0.29, 0.717) is 0 Å². The average Bonchev–Trinajstić information content (AvgIpc) is 3.12. The minimum atomic E-state index is -1.18. The maximum Gasteiger partial charge on any atom is 0.335 e. The summed E-state index contributed by atoms with van der Waals surface area (Å²) in [4.78, 5) is 23.7. The zero-order chi connectivity index (χ0) is 14.0. The van der Waals surface area contributed by atoms with E-state index in [-0.39, 0.29) is 29.7 Å². The standard InChI is InChI=1S/C13H15FN2O3/c1-16(7-12(17)15-9-3-4-9)11-5-2-8(13(18)19)6-10(11)14/h2,5-6,9H,3-4,7H2,1H3,(H,15,17)(H,18,19). The van der Waals surface area contributed by atoms with Gasteiger partial charge in [-0.1, -0.05) is 0 Å². The Morgan fingerprint density at radius 1 is 1.47 bits per heavy atom. The molecular formula is C13H15FN2O3. The molecule has 2 rings (SSSR count). The molecule has 1 aliphatic rings. The van der Waals surface area contributed by atoms with E-state index in [1.165, 1.54) is 17.0 Å². The summed E-state index contributed by atoms with van der Waals surface area (Å²) in [5.74, 6) is -1.99. The molecule has 1 aromatic rings. The fourth-order valence-corrected chi connectivity index (χ4v) is 1.75. The van der Waals surface area contributed by atoms with Gasteiger partial charge in [0.05, 0.1) is 17.8 Å². The van der Waals surface area contributed by atoms with Gasteiger partial charge in [-0.25, -0.2) is 9.18 Å². The van der Waals surface area contributed by atoms with Crippen LogP contribution in [0.15, 0.2) is 18.2 Å². The van der Waals surface area contributed by atoms with Crippen molar-refractivity contribution in [2.24, 2.45) is 0 Å². The number of aromatic carboxylic acids is 1. The summed E-state index contributed by atoms with van der Waals surface area (Å²) in [6.07, 6.45) is 1.99. The van der Waals surface area contributed by atoms with Crippen molar-refractivity contribution in [3.63, 3.8) is 0 Å². The summed E-state index contributed by atoms with van der Waals surface area (Å²) in [6, 6.07) is 3.90. The van der Waals surface area contributed by atoms with Crippen LogP contribution < -0.4 is 10.2 Å². The number of amides is 1. The molecule has 19 heavy (non-hydrogen) atoms. The lowest BCUT2D eigenvalue weighted by Crippen LogP contribution is -2.36. The van der Waals surface area contributed by atoms with Gasteiger partial charge in [0.25, 0.3) is 0 Å². The minimum absolute atomic E-state index is 0.0415. The van der Waals surface area contributed by atoms with E-state index >= 15 is 0 Å². The first kappa shape index (κ1) is 13.3. The second-order valence-corrected chi connectivity index (χ2v) is 4.67. The van der Waals surface area contributed by atoms with Crippen LogP contribution in [-0.4, -0.2) is 36.6 Å². The average molecular weight is 266 g/mol. The second kappa shape index (κ2) is 5.26. The maximum absolute atomic E-state index is 13.7. The molecule has 0 saturated heterocycles. The highest BCUT2D eigenvalue weighted by Crippen LogP contribution is 2.20. The molecule has 6 heteroatoms. The molecular weight excluding hydrogens is 251 g/mol. The van der Waals surface area contributed by atoms with E-state index in [1.54, 1.807) is 7.05 Å². The molecule has 0 unspecified atom stereocenters. The van der Waals surface area contributed by atoms with Gasteiger partial charge < -0.3 is 15.3 Å². The van der Waals surface area contributed by atoms with Crippen LogP contribution >= 0.6 is 0 Å². The monoisotopic (exact) mass is 266 g/mol. The lowest BCUT2D eigenvalue weighted by Gasteiger charge is -2.19. The number of hydrogen-bond acceptors (Lipinski definition) is 3. The summed E-state index contributed by atoms with van der Waals surface area (Å²) in [7, 11) is 1.59. The van der Waals surface area contributed by atoms with Crippen LogP contribution in [0, 0.1) is 5.82 Å². The third kappa shape index (κ3) is 3.43. The number of carboxylic acids is 1. The Labute approximate surface area is 110 Å². The van der Waals surface area contributed by atoms with Gasteiger partial charge in [-0.3, -0.25) is 4.79 Å².